The molecule has 0 aromatic heterocycles. The van der Waals surface area contributed by atoms with E-state index >= 15 is 0 Å². The summed E-state index contributed by atoms with van der Waals surface area (Å²) in [7, 11) is 0. The molecule has 2 rings (SSSR count). The first-order valence-electron chi connectivity index (χ1n) is 9.25. The lowest BCUT2D eigenvalue weighted by Gasteiger charge is -2.38. The largest absolute Gasteiger partial charge is 0.368 e. The van der Waals surface area contributed by atoms with Gasteiger partial charge in [0.25, 0.3) is 5.91 Å². The Labute approximate surface area is 151 Å². The Bertz CT molecular complexity index is 582. The molecule has 2 amide bonds. The number of carbonyl (C=O) groups excluding carboxylic acids is 2. The highest BCUT2D eigenvalue weighted by Crippen LogP contribution is 2.21. The highest BCUT2D eigenvalue weighted by atomic mass is 16.2. The van der Waals surface area contributed by atoms with Crippen LogP contribution in [0.2, 0.25) is 0 Å². The first kappa shape index (κ1) is 19.3. The zero-order valence-electron chi connectivity index (χ0n) is 16.0. The Morgan fingerprint density at radius 1 is 1.04 bits per heavy atom. The molecule has 1 saturated heterocycles. The van der Waals surface area contributed by atoms with Gasteiger partial charge in [-0.05, 0) is 30.7 Å². The average Bonchev–Trinajstić information content (AvgIpc) is 2.61. The van der Waals surface area contributed by atoms with Gasteiger partial charge in [0, 0.05) is 49.4 Å². The van der Waals surface area contributed by atoms with Gasteiger partial charge in [0.1, 0.15) is 0 Å². The Kier molecular flexibility index (Phi) is 6.45. The van der Waals surface area contributed by atoms with Crippen molar-refractivity contribution >= 4 is 17.5 Å². The van der Waals surface area contributed by atoms with Crippen LogP contribution in [0.1, 0.15) is 50.9 Å². The number of rotatable bonds is 5. The molecular formula is C20H31N3O2. The van der Waals surface area contributed by atoms with E-state index in [9.17, 15) is 9.59 Å². The van der Waals surface area contributed by atoms with E-state index in [0.29, 0.717) is 5.56 Å². The standard InChI is InChI=1S/C20H31N3O2/c1-5-6-11-21-18(24)16-7-9-17(10-8-16)22-12-14-23(15-13-22)19(25)20(2,3)4/h7-10H,5-6,11-15H2,1-4H3,(H,21,24). The van der Waals surface area contributed by atoms with Crippen LogP contribution in [0.5, 0.6) is 0 Å². The van der Waals surface area contributed by atoms with E-state index in [-0.39, 0.29) is 17.2 Å². The lowest BCUT2D eigenvalue weighted by Crippen LogP contribution is -2.51. The van der Waals surface area contributed by atoms with E-state index in [1.807, 2.05) is 49.9 Å². The molecule has 1 aliphatic heterocycles. The zero-order valence-corrected chi connectivity index (χ0v) is 16.0. The molecule has 5 nitrogen and oxygen atoms in total. The minimum atomic E-state index is -0.324. The number of benzene rings is 1. The van der Waals surface area contributed by atoms with Crippen molar-refractivity contribution in [1.29, 1.82) is 0 Å². The third kappa shape index (κ3) is 5.21. The Morgan fingerprint density at radius 2 is 1.64 bits per heavy atom. The molecule has 0 spiro atoms. The van der Waals surface area contributed by atoms with Crippen molar-refractivity contribution in [3.05, 3.63) is 29.8 Å². The van der Waals surface area contributed by atoms with Crippen LogP contribution in [-0.2, 0) is 4.79 Å². The molecule has 1 heterocycles. The van der Waals surface area contributed by atoms with Gasteiger partial charge >= 0.3 is 0 Å². The highest BCUT2D eigenvalue weighted by Gasteiger charge is 2.29. The number of unbranched alkanes of at least 4 members (excludes halogenated alkanes) is 1. The molecule has 138 valence electrons. The van der Waals surface area contributed by atoms with Crippen molar-refractivity contribution in [2.75, 3.05) is 37.6 Å². The number of piperazine rings is 1. The summed E-state index contributed by atoms with van der Waals surface area (Å²) in [5.74, 6) is 0.201. The van der Waals surface area contributed by atoms with Crippen LogP contribution in [-0.4, -0.2) is 49.4 Å². The lowest BCUT2D eigenvalue weighted by atomic mass is 9.94. The third-order valence-electron chi connectivity index (χ3n) is 4.52. The van der Waals surface area contributed by atoms with E-state index in [1.165, 1.54) is 0 Å². The van der Waals surface area contributed by atoms with Crippen molar-refractivity contribution in [1.82, 2.24) is 10.2 Å². The Morgan fingerprint density at radius 3 is 2.16 bits per heavy atom. The number of anilines is 1. The maximum atomic E-state index is 12.4. The second-order valence-electron chi connectivity index (χ2n) is 7.69. The molecule has 0 radical (unpaired) electrons. The summed E-state index contributed by atoms with van der Waals surface area (Å²) < 4.78 is 0. The smallest absolute Gasteiger partial charge is 0.251 e. The second kappa shape index (κ2) is 8.37. The van der Waals surface area contributed by atoms with Gasteiger partial charge in [0.05, 0.1) is 0 Å². The van der Waals surface area contributed by atoms with Crippen LogP contribution in [0.25, 0.3) is 0 Å². The van der Waals surface area contributed by atoms with E-state index in [4.69, 9.17) is 0 Å². The number of hydrogen-bond acceptors (Lipinski definition) is 3. The molecule has 0 unspecified atom stereocenters. The lowest BCUT2D eigenvalue weighted by molar-refractivity contribution is -0.139. The number of nitrogens with zero attached hydrogens (tertiary/aromatic N) is 2. The van der Waals surface area contributed by atoms with Crippen LogP contribution in [0.3, 0.4) is 0 Å². The molecule has 1 fully saturated rings. The fourth-order valence-corrected chi connectivity index (χ4v) is 2.95. The van der Waals surface area contributed by atoms with Crippen LogP contribution >= 0.6 is 0 Å². The van der Waals surface area contributed by atoms with Crippen molar-refractivity contribution in [2.45, 2.75) is 40.5 Å². The summed E-state index contributed by atoms with van der Waals surface area (Å²) in [6, 6.07) is 7.75. The maximum absolute atomic E-state index is 12.4. The zero-order chi connectivity index (χ0) is 18.4. The van der Waals surface area contributed by atoms with Crippen molar-refractivity contribution in [3.63, 3.8) is 0 Å². The highest BCUT2D eigenvalue weighted by molar-refractivity contribution is 5.94. The first-order valence-corrected chi connectivity index (χ1v) is 9.25. The SMILES string of the molecule is CCCCNC(=O)c1ccc(N2CCN(C(=O)C(C)(C)C)CC2)cc1. The molecule has 5 heteroatoms. The van der Waals surface area contributed by atoms with Crippen molar-refractivity contribution < 1.29 is 9.59 Å². The molecule has 25 heavy (non-hydrogen) atoms. The van der Waals surface area contributed by atoms with Gasteiger partial charge in [0.2, 0.25) is 5.91 Å². The fourth-order valence-electron chi connectivity index (χ4n) is 2.95. The van der Waals surface area contributed by atoms with Gasteiger partial charge < -0.3 is 15.1 Å². The molecule has 1 aromatic rings. The summed E-state index contributed by atoms with van der Waals surface area (Å²) in [5.41, 5.74) is 1.48. The summed E-state index contributed by atoms with van der Waals surface area (Å²) in [4.78, 5) is 28.6. The van der Waals surface area contributed by atoms with Gasteiger partial charge in [-0.15, -0.1) is 0 Å². The predicted molar refractivity (Wildman–Crippen MR) is 102 cm³/mol. The first-order chi connectivity index (χ1) is 11.8. The van der Waals surface area contributed by atoms with Gasteiger partial charge in [-0.1, -0.05) is 34.1 Å². The summed E-state index contributed by atoms with van der Waals surface area (Å²) in [5, 5.41) is 2.93. The minimum absolute atomic E-state index is 0.0133. The number of hydrogen-bond donors (Lipinski definition) is 1. The molecular weight excluding hydrogens is 314 g/mol. The number of amides is 2. The fraction of sp³-hybridized carbons (Fsp3) is 0.600. The van der Waals surface area contributed by atoms with Crippen LogP contribution < -0.4 is 10.2 Å². The monoisotopic (exact) mass is 345 g/mol. The Balaban J connectivity index is 1.89. The summed E-state index contributed by atoms with van der Waals surface area (Å²) >= 11 is 0. The number of carbonyl (C=O) groups is 2. The predicted octanol–water partition coefficient (Wildman–Crippen LogP) is 2.91. The normalized spacial score (nSPS) is 15.2. The quantitative estimate of drug-likeness (QED) is 0.835. The van der Waals surface area contributed by atoms with Crippen molar-refractivity contribution in [3.8, 4) is 0 Å². The van der Waals surface area contributed by atoms with Gasteiger partial charge in [-0.2, -0.15) is 0 Å². The maximum Gasteiger partial charge on any atom is 0.251 e. The average molecular weight is 345 g/mol. The molecule has 0 saturated carbocycles. The molecule has 0 bridgehead atoms. The molecule has 0 aliphatic carbocycles. The van der Waals surface area contributed by atoms with E-state index in [2.05, 4.69) is 17.1 Å². The van der Waals surface area contributed by atoms with Crippen LogP contribution in [0.4, 0.5) is 5.69 Å². The van der Waals surface area contributed by atoms with Gasteiger partial charge in [-0.25, -0.2) is 0 Å². The molecule has 1 aromatic carbocycles. The van der Waals surface area contributed by atoms with Crippen molar-refractivity contribution in [2.24, 2.45) is 5.41 Å². The van der Waals surface area contributed by atoms with E-state index in [0.717, 1.165) is 51.3 Å². The summed E-state index contributed by atoms with van der Waals surface area (Å²) in [6.07, 6.45) is 2.07. The van der Waals surface area contributed by atoms with Gasteiger partial charge in [0.15, 0.2) is 0 Å². The topological polar surface area (TPSA) is 52.7 Å². The summed E-state index contributed by atoms with van der Waals surface area (Å²) in [6.45, 7) is 11.9. The van der Waals surface area contributed by atoms with E-state index < -0.39 is 0 Å². The third-order valence-corrected chi connectivity index (χ3v) is 4.52. The second-order valence-corrected chi connectivity index (χ2v) is 7.69. The number of nitrogens with one attached hydrogen (secondary N) is 1. The molecule has 1 aliphatic rings. The minimum Gasteiger partial charge on any atom is -0.368 e. The van der Waals surface area contributed by atoms with Crippen LogP contribution in [0.15, 0.2) is 24.3 Å². The van der Waals surface area contributed by atoms with Crippen LogP contribution in [0, 0.1) is 5.41 Å². The molecule has 1 N–H and O–H groups in total. The van der Waals surface area contributed by atoms with E-state index in [1.54, 1.807) is 0 Å². The Hall–Kier alpha value is -2.04. The molecule has 0 atom stereocenters. The van der Waals surface area contributed by atoms with Gasteiger partial charge in [-0.3, -0.25) is 9.59 Å².